The number of carbonyl (C=O) groups is 4. The van der Waals surface area contributed by atoms with Crippen molar-refractivity contribution >= 4 is 47.3 Å². The summed E-state index contributed by atoms with van der Waals surface area (Å²) in [6.45, 7) is 0. The summed E-state index contributed by atoms with van der Waals surface area (Å²) in [5.74, 6) is -3.48. The zero-order chi connectivity index (χ0) is 19.4. The minimum Gasteiger partial charge on any atom is -0.276 e. The molecular formula is C18H13ClN4O4. The Balaban J connectivity index is 1.75. The van der Waals surface area contributed by atoms with Crippen molar-refractivity contribution in [3.63, 3.8) is 0 Å². The van der Waals surface area contributed by atoms with Crippen LogP contribution < -0.4 is 15.6 Å². The van der Waals surface area contributed by atoms with Crippen LogP contribution in [0.2, 0.25) is 5.02 Å². The van der Waals surface area contributed by atoms with Gasteiger partial charge in [0.1, 0.15) is 0 Å². The van der Waals surface area contributed by atoms with Crippen LogP contribution in [0.4, 0.5) is 10.5 Å². The number of hydrogen-bond donors (Lipinski definition) is 2. The molecule has 0 unspecified atom stereocenters. The predicted molar refractivity (Wildman–Crippen MR) is 98.4 cm³/mol. The molecule has 9 heteroatoms. The molecule has 0 saturated carbocycles. The fourth-order valence-electron chi connectivity index (χ4n) is 2.38. The number of imide groups is 2. The summed E-state index contributed by atoms with van der Waals surface area (Å²) >= 11 is 5.80. The Hall–Kier alpha value is -3.52. The molecule has 1 aliphatic heterocycles. The van der Waals surface area contributed by atoms with E-state index in [4.69, 9.17) is 11.6 Å². The Kier molecular flexibility index (Phi) is 5.28. The van der Waals surface area contributed by atoms with Crippen molar-refractivity contribution in [2.75, 3.05) is 4.90 Å². The van der Waals surface area contributed by atoms with Crippen molar-refractivity contribution in [2.24, 2.45) is 11.0 Å². The Morgan fingerprint density at radius 1 is 1.07 bits per heavy atom. The zero-order valence-electron chi connectivity index (χ0n) is 13.8. The van der Waals surface area contributed by atoms with Gasteiger partial charge in [0.2, 0.25) is 5.91 Å². The molecule has 27 heavy (non-hydrogen) atoms. The van der Waals surface area contributed by atoms with Gasteiger partial charge in [0, 0.05) is 16.8 Å². The summed E-state index contributed by atoms with van der Waals surface area (Å²) in [4.78, 5) is 49.4. The zero-order valence-corrected chi connectivity index (χ0v) is 14.5. The molecule has 1 atom stereocenters. The summed E-state index contributed by atoms with van der Waals surface area (Å²) in [6.07, 6.45) is 0.980. The van der Waals surface area contributed by atoms with Crippen molar-refractivity contribution in [3.05, 3.63) is 65.2 Å². The van der Waals surface area contributed by atoms with Gasteiger partial charge in [-0.25, -0.2) is 15.1 Å². The van der Waals surface area contributed by atoms with E-state index in [-0.39, 0.29) is 5.69 Å². The van der Waals surface area contributed by atoms with E-state index < -0.39 is 29.7 Å². The lowest BCUT2D eigenvalue weighted by atomic mass is 10.1. The van der Waals surface area contributed by atoms with Gasteiger partial charge in [-0.2, -0.15) is 5.10 Å². The molecule has 0 radical (unpaired) electrons. The van der Waals surface area contributed by atoms with Crippen LogP contribution in [0.3, 0.4) is 0 Å². The van der Waals surface area contributed by atoms with E-state index in [1.165, 1.54) is 24.3 Å². The molecule has 136 valence electrons. The third kappa shape index (κ3) is 4.01. The lowest BCUT2D eigenvalue weighted by Gasteiger charge is -2.28. The summed E-state index contributed by atoms with van der Waals surface area (Å²) < 4.78 is 0. The van der Waals surface area contributed by atoms with E-state index in [0.29, 0.717) is 10.6 Å². The quantitative estimate of drug-likeness (QED) is 0.477. The van der Waals surface area contributed by atoms with Gasteiger partial charge in [-0.15, -0.1) is 0 Å². The number of hydrazone groups is 1. The van der Waals surface area contributed by atoms with Gasteiger partial charge >= 0.3 is 6.03 Å². The van der Waals surface area contributed by atoms with Crippen LogP contribution in [0.15, 0.2) is 59.7 Å². The molecule has 0 spiro atoms. The molecule has 0 aromatic heterocycles. The first-order valence-corrected chi connectivity index (χ1v) is 8.18. The van der Waals surface area contributed by atoms with Crippen molar-refractivity contribution in [1.29, 1.82) is 0 Å². The van der Waals surface area contributed by atoms with E-state index in [2.05, 4.69) is 15.8 Å². The van der Waals surface area contributed by atoms with Gasteiger partial charge in [0.05, 0.1) is 5.69 Å². The minimum atomic E-state index is -1.37. The highest BCUT2D eigenvalue weighted by Gasteiger charge is 2.40. The van der Waals surface area contributed by atoms with Gasteiger partial charge in [-0.3, -0.25) is 19.7 Å². The molecule has 1 aliphatic rings. The van der Waals surface area contributed by atoms with Gasteiger partial charge in [-0.1, -0.05) is 29.8 Å². The second-order valence-corrected chi connectivity index (χ2v) is 5.94. The number of halogens is 1. The van der Waals surface area contributed by atoms with Crippen LogP contribution in [0.1, 0.15) is 10.4 Å². The van der Waals surface area contributed by atoms with Crippen molar-refractivity contribution < 1.29 is 19.2 Å². The van der Waals surface area contributed by atoms with Crippen molar-refractivity contribution in [1.82, 2.24) is 10.7 Å². The maximum atomic E-state index is 12.6. The average molecular weight is 385 g/mol. The molecule has 3 rings (SSSR count). The van der Waals surface area contributed by atoms with E-state index in [1.54, 1.807) is 30.3 Å². The standard InChI is InChI=1S/C18H13ClN4O4/c19-12-6-8-13(9-7-12)23-17(26)14(16(25)21-18(23)27)10-20-22-15(24)11-4-2-1-3-5-11/h1-10,14H,(H,22,24)(H,21,25,27)/b20-10-/t14-/m1/s1. The Bertz CT molecular complexity index is 928. The first kappa shape index (κ1) is 18.3. The number of rotatable bonds is 4. The molecule has 1 heterocycles. The Labute approximate surface area is 158 Å². The molecule has 5 amide bonds. The highest BCUT2D eigenvalue weighted by Crippen LogP contribution is 2.22. The highest BCUT2D eigenvalue weighted by atomic mass is 35.5. The smallest absolute Gasteiger partial charge is 0.276 e. The van der Waals surface area contributed by atoms with Crippen LogP contribution in [-0.4, -0.2) is 30.0 Å². The highest BCUT2D eigenvalue weighted by molar-refractivity contribution is 6.33. The summed E-state index contributed by atoms with van der Waals surface area (Å²) in [5.41, 5.74) is 2.86. The maximum Gasteiger partial charge on any atom is 0.335 e. The molecule has 0 aliphatic carbocycles. The number of urea groups is 1. The summed E-state index contributed by atoms with van der Waals surface area (Å²) in [5, 5.41) is 6.19. The van der Waals surface area contributed by atoms with Gasteiger partial charge in [-0.05, 0) is 36.4 Å². The second-order valence-electron chi connectivity index (χ2n) is 5.51. The van der Waals surface area contributed by atoms with E-state index in [1.807, 2.05) is 0 Å². The van der Waals surface area contributed by atoms with Crippen molar-refractivity contribution in [3.8, 4) is 0 Å². The van der Waals surface area contributed by atoms with Gasteiger partial charge < -0.3 is 0 Å². The van der Waals surface area contributed by atoms with Crippen LogP contribution >= 0.6 is 11.6 Å². The predicted octanol–water partition coefficient (Wildman–Crippen LogP) is 1.95. The first-order valence-electron chi connectivity index (χ1n) is 7.80. The number of amides is 5. The van der Waals surface area contributed by atoms with Gasteiger partial charge in [0.25, 0.3) is 11.8 Å². The van der Waals surface area contributed by atoms with Crippen molar-refractivity contribution in [2.45, 2.75) is 0 Å². The Morgan fingerprint density at radius 3 is 2.41 bits per heavy atom. The molecular weight excluding hydrogens is 372 g/mol. The first-order chi connectivity index (χ1) is 13.0. The Morgan fingerprint density at radius 2 is 1.74 bits per heavy atom. The number of anilines is 1. The molecule has 2 aromatic carbocycles. The molecule has 1 fully saturated rings. The minimum absolute atomic E-state index is 0.251. The number of carbonyl (C=O) groups excluding carboxylic acids is 4. The SMILES string of the molecule is O=C(N/N=C\[C@@H]1C(=O)NC(=O)N(c2ccc(Cl)cc2)C1=O)c1ccccc1. The number of benzene rings is 2. The lowest BCUT2D eigenvalue weighted by Crippen LogP contribution is -2.58. The van der Waals surface area contributed by atoms with Gasteiger partial charge in [0.15, 0.2) is 5.92 Å². The third-order valence-electron chi connectivity index (χ3n) is 3.71. The van der Waals surface area contributed by atoms with E-state index in [9.17, 15) is 19.2 Å². The fraction of sp³-hybridized carbons (Fsp3) is 0.0556. The molecule has 2 aromatic rings. The normalized spacial score (nSPS) is 17.1. The van der Waals surface area contributed by atoms with Crippen LogP contribution in [-0.2, 0) is 9.59 Å². The van der Waals surface area contributed by atoms with Crippen LogP contribution in [0.25, 0.3) is 0 Å². The average Bonchev–Trinajstić information content (AvgIpc) is 2.66. The molecule has 0 bridgehead atoms. The third-order valence-corrected chi connectivity index (χ3v) is 3.96. The second kappa shape index (κ2) is 7.79. The molecule has 8 nitrogen and oxygen atoms in total. The number of hydrogen-bond acceptors (Lipinski definition) is 5. The van der Waals surface area contributed by atoms with Crippen LogP contribution in [0.5, 0.6) is 0 Å². The maximum absolute atomic E-state index is 12.6. The number of nitrogens with one attached hydrogen (secondary N) is 2. The molecule has 1 saturated heterocycles. The topological polar surface area (TPSA) is 108 Å². The van der Waals surface area contributed by atoms with E-state index >= 15 is 0 Å². The lowest BCUT2D eigenvalue weighted by molar-refractivity contribution is -0.131. The number of nitrogens with zero attached hydrogens (tertiary/aromatic N) is 2. The largest absolute Gasteiger partial charge is 0.335 e. The summed E-state index contributed by atoms with van der Waals surface area (Å²) in [6, 6.07) is 13.4. The van der Waals surface area contributed by atoms with Crippen LogP contribution in [0, 0.1) is 5.92 Å². The molecule has 2 N–H and O–H groups in total. The number of barbiturate groups is 1. The fourth-order valence-corrected chi connectivity index (χ4v) is 2.51. The summed E-state index contributed by atoms with van der Waals surface area (Å²) in [7, 11) is 0. The van der Waals surface area contributed by atoms with E-state index in [0.717, 1.165) is 11.1 Å². The monoisotopic (exact) mass is 384 g/mol.